The number of carbonyl (C=O) groups excluding carboxylic acids is 1. The minimum atomic E-state index is -0.814. The van der Waals surface area contributed by atoms with Gasteiger partial charge in [0, 0.05) is 5.69 Å². The monoisotopic (exact) mass is 388 g/mol. The molecule has 7 heteroatoms. The number of anilines is 1. The van der Waals surface area contributed by atoms with E-state index >= 15 is 0 Å². The molecule has 29 heavy (non-hydrogen) atoms. The minimum Gasteiger partial charge on any atom is -0.490 e. The van der Waals surface area contributed by atoms with Gasteiger partial charge in [-0.3, -0.25) is 4.79 Å². The Kier molecular flexibility index (Phi) is 5.49. The van der Waals surface area contributed by atoms with Crippen molar-refractivity contribution in [3.8, 4) is 5.75 Å². The second-order valence-corrected chi connectivity index (χ2v) is 6.54. The number of nitrogens with one attached hydrogen (secondary N) is 1. The third-order valence-electron chi connectivity index (χ3n) is 4.40. The number of rotatable bonds is 7. The molecule has 2 N–H and O–H groups in total. The highest BCUT2D eigenvalue weighted by Crippen LogP contribution is 2.20. The number of aromatic nitrogens is 3. The molecule has 1 aromatic heterocycles. The molecule has 1 heterocycles. The van der Waals surface area contributed by atoms with Gasteiger partial charge in [0.15, 0.2) is 0 Å². The lowest BCUT2D eigenvalue weighted by molar-refractivity contribution is 0.0877. The molecule has 0 fully saturated rings. The molecule has 0 aliphatic carbocycles. The Morgan fingerprint density at radius 2 is 1.72 bits per heavy atom. The molecule has 4 aromatic rings. The molecule has 0 aliphatic rings. The summed E-state index contributed by atoms with van der Waals surface area (Å²) in [5.74, 6) is 0.131. The van der Waals surface area contributed by atoms with Gasteiger partial charge < -0.3 is 15.2 Å². The van der Waals surface area contributed by atoms with E-state index in [9.17, 15) is 9.90 Å². The maximum absolute atomic E-state index is 12.6. The summed E-state index contributed by atoms with van der Waals surface area (Å²) in [6, 6.07) is 23.7. The number of fused-ring (bicyclic) bond motifs is 1. The van der Waals surface area contributed by atoms with Gasteiger partial charge in [-0.2, -0.15) is 0 Å². The topological polar surface area (TPSA) is 89.3 Å². The normalized spacial score (nSPS) is 11.9. The number of amides is 1. The molecule has 7 nitrogen and oxygen atoms in total. The van der Waals surface area contributed by atoms with E-state index < -0.39 is 6.10 Å². The van der Waals surface area contributed by atoms with Crippen molar-refractivity contribution in [3.05, 3.63) is 84.4 Å². The summed E-state index contributed by atoms with van der Waals surface area (Å²) in [6.45, 7) is 0.253. The molecule has 0 saturated heterocycles. The number of hydrogen-bond acceptors (Lipinski definition) is 5. The van der Waals surface area contributed by atoms with Crippen molar-refractivity contribution in [3.63, 3.8) is 0 Å². The Hall–Kier alpha value is -3.71. The molecular formula is C22H20N4O3. The molecule has 0 saturated carbocycles. The van der Waals surface area contributed by atoms with E-state index in [2.05, 4.69) is 15.6 Å². The Balaban J connectivity index is 1.41. The van der Waals surface area contributed by atoms with Gasteiger partial charge in [0.25, 0.3) is 5.91 Å². The molecule has 0 spiro atoms. The quantitative estimate of drug-likeness (QED) is 0.508. The predicted molar refractivity (Wildman–Crippen MR) is 110 cm³/mol. The summed E-state index contributed by atoms with van der Waals surface area (Å²) in [6.07, 6.45) is -0.814. The Bertz CT molecular complexity index is 1110. The van der Waals surface area contributed by atoms with Crippen LogP contribution in [0.1, 0.15) is 10.4 Å². The van der Waals surface area contributed by atoms with E-state index in [-0.39, 0.29) is 19.1 Å². The third kappa shape index (κ3) is 4.41. The molecule has 1 unspecified atom stereocenters. The molecule has 146 valence electrons. The standard InChI is InChI=1S/C22H20N4O3/c27-17(14-26-20-12-6-5-11-19(20)24-25-26)15-29-21-13-7-4-10-18(21)22(28)23-16-8-2-1-3-9-16/h1-13,17,27H,14-15H2,(H,23,28). The number of aliphatic hydroxyl groups is 1. The molecule has 0 bridgehead atoms. The highest BCUT2D eigenvalue weighted by atomic mass is 16.5. The van der Waals surface area contributed by atoms with Crippen LogP contribution in [0.2, 0.25) is 0 Å². The number of carbonyl (C=O) groups is 1. The van der Waals surface area contributed by atoms with Crippen molar-refractivity contribution in [2.45, 2.75) is 12.6 Å². The number of para-hydroxylation sites is 3. The highest BCUT2D eigenvalue weighted by molar-refractivity contribution is 6.06. The van der Waals surface area contributed by atoms with Crippen LogP contribution in [0.3, 0.4) is 0 Å². The van der Waals surface area contributed by atoms with Crippen molar-refractivity contribution in [1.82, 2.24) is 15.0 Å². The number of nitrogens with zero attached hydrogens (tertiary/aromatic N) is 3. The molecule has 0 radical (unpaired) electrons. The minimum absolute atomic E-state index is 0.0177. The van der Waals surface area contributed by atoms with Gasteiger partial charge in [0.2, 0.25) is 0 Å². The number of aliphatic hydroxyl groups excluding tert-OH is 1. The largest absolute Gasteiger partial charge is 0.490 e. The van der Waals surface area contributed by atoms with Crippen LogP contribution in [0, 0.1) is 0 Å². The first-order chi connectivity index (χ1) is 14.2. The first kappa shape index (κ1) is 18.6. The van der Waals surface area contributed by atoms with Crippen molar-refractivity contribution in [2.24, 2.45) is 0 Å². The molecular weight excluding hydrogens is 368 g/mol. The predicted octanol–water partition coefficient (Wildman–Crippen LogP) is 3.12. The van der Waals surface area contributed by atoms with E-state index in [4.69, 9.17) is 4.74 Å². The zero-order valence-electron chi connectivity index (χ0n) is 15.6. The first-order valence-corrected chi connectivity index (χ1v) is 9.25. The van der Waals surface area contributed by atoms with Gasteiger partial charge >= 0.3 is 0 Å². The zero-order chi connectivity index (χ0) is 20.1. The average Bonchev–Trinajstić information content (AvgIpc) is 3.16. The molecule has 0 aliphatic heterocycles. The fourth-order valence-electron chi connectivity index (χ4n) is 2.99. The maximum Gasteiger partial charge on any atom is 0.259 e. The van der Waals surface area contributed by atoms with Gasteiger partial charge in [-0.15, -0.1) is 5.10 Å². The molecule has 3 aromatic carbocycles. The number of ether oxygens (including phenoxy) is 1. The fraction of sp³-hybridized carbons (Fsp3) is 0.136. The maximum atomic E-state index is 12.6. The lowest BCUT2D eigenvalue weighted by atomic mass is 10.2. The van der Waals surface area contributed by atoms with Gasteiger partial charge in [0.1, 0.15) is 24.0 Å². The van der Waals surface area contributed by atoms with Crippen LogP contribution in [-0.2, 0) is 6.54 Å². The van der Waals surface area contributed by atoms with Crippen LogP contribution in [0.4, 0.5) is 5.69 Å². The zero-order valence-corrected chi connectivity index (χ0v) is 15.6. The van der Waals surface area contributed by atoms with E-state index in [0.717, 1.165) is 11.0 Å². The van der Waals surface area contributed by atoms with Crippen molar-refractivity contribution >= 4 is 22.6 Å². The van der Waals surface area contributed by atoms with Gasteiger partial charge in [-0.05, 0) is 36.4 Å². The smallest absolute Gasteiger partial charge is 0.259 e. The second kappa shape index (κ2) is 8.53. The summed E-state index contributed by atoms with van der Waals surface area (Å²) in [4.78, 5) is 12.6. The summed E-state index contributed by atoms with van der Waals surface area (Å²) >= 11 is 0. The van der Waals surface area contributed by atoms with E-state index in [1.807, 2.05) is 54.6 Å². The Morgan fingerprint density at radius 1 is 1.00 bits per heavy atom. The highest BCUT2D eigenvalue weighted by Gasteiger charge is 2.15. The summed E-state index contributed by atoms with van der Waals surface area (Å²) in [5, 5.41) is 21.4. The number of hydrogen-bond donors (Lipinski definition) is 2. The van der Waals surface area contributed by atoms with Crippen molar-refractivity contribution in [2.75, 3.05) is 11.9 Å². The summed E-state index contributed by atoms with van der Waals surface area (Å²) < 4.78 is 7.38. The second-order valence-electron chi connectivity index (χ2n) is 6.54. The first-order valence-electron chi connectivity index (χ1n) is 9.25. The third-order valence-corrected chi connectivity index (χ3v) is 4.40. The van der Waals surface area contributed by atoms with Crippen LogP contribution in [0.25, 0.3) is 11.0 Å². The molecule has 4 rings (SSSR count). The average molecular weight is 388 g/mol. The Labute approximate surface area is 167 Å². The molecule has 1 atom stereocenters. The summed E-state index contributed by atoms with van der Waals surface area (Å²) in [5.41, 5.74) is 2.71. The van der Waals surface area contributed by atoms with Crippen LogP contribution in [0.5, 0.6) is 5.75 Å². The summed E-state index contributed by atoms with van der Waals surface area (Å²) in [7, 11) is 0. The lowest BCUT2D eigenvalue weighted by Gasteiger charge is -2.15. The SMILES string of the molecule is O=C(Nc1ccccc1)c1ccccc1OCC(O)Cn1nnc2ccccc21. The Morgan fingerprint density at radius 3 is 2.59 bits per heavy atom. The number of benzene rings is 3. The van der Waals surface area contributed by atoms with Crippen molar-refractivity contribution in [1.29, 1.82) is 0 Å². The lowest BCUT2D eigenvalue weighted by Crippen LogP contribution is -2.25. The van der Waals surface area contributed by atoms with Crippen LogP contribution in [0.15, 0.2) is 78.9 Å². The van der Waals surface area contributed by atoms with Gasteiger partial charge in [-0.25, -0.2) is 4.68 Å². The van der Waals surface area contributed by atoms with Gasteiger partial charge in [0.05, 0.1) is 17.6 Å². The van der Waals surface area contributed by atoms with Crippen LogP contribution in [-0.4, -0.2) is 38.7 Å². The van der Waals surface area contributed by atoms with E-state index in [0.29, 0.717) is 17.0 Å². The van der Waals surface area contributed by atoms with E-state index in [1.165, 1.54) is 0 Å². The fourth-order valence-corrected chi connectivity index (χ4v) is 2.99. The van der Waals surface area contributed by atoms with E-state index in [1.54, 1.807) is 28.9 Å². The van der Waals surface area contributed by atoms with Crippen LogP contribution >= 0.6 is 0 Å². The van der Waals surface area contributed by atoms with Crippen molar-refractivity contribution < 1.29 is 14.6 Å². The van der Waals surface area contributed by atoms with Crippen LogP contribution < -0.4 is 10.1 Å². The molecule has 1 amide bonds. The van der Waals surface area contributed by atoms with Gasteiger partial charge in [-0.1, -0.05) is 47.7 Å².